The number of para-hydroxylation sites is 8. The molecule has 6 N–H and O–H groups in total. The zero-order valence-electron chi connectivity index (χ0n) is 58.5. The largest absolute Gasteiger partial charge is 1.00 e. The van der Waals surface area contributed by atoms with Gasteiger partial charge in [0.15, 0.2) is 73.6 Å². The van der Waals surface area contributed by atoms with Gasteiger partial charge in [0.05, 0.1) is 50.0 Å². The molecular formula is C85H92BrCl4N16O2+. The van der Waals surface area contributed by atoms with Gasteiger partial charge in [0.25, 0.3) is 0 Å². The lowest BCUT2D eigenvalue weighted by molar-refractivity contribution is -0.698. The van der Waals surface area contributed by atoms with Crippen molar-refractivity contribution in [1.82, 2.24) is 59.8 Å². The van der Waals surface area contributed by atoms with Crippen LogP contribution in [0.4, 0.5) is 0 Å². The van der Waals surface area contributed by atoms with E-state index in [0.29, 0.717) is 25.6 Å². The molecule has 0 atom stereocenters. The van der Waals surface area contributed by atoms with Crippen LogP contribution in [0, 0.1) is 0 Å². The Hall–Kier alpha value is -10.5. The maximum absolute atomic E-state index is 8.97. The molecule has 0 fully saturated rings. The molecule has 0 saturated carbocycles. The van der Waals surface area contributed by atoms with Crippen LogP contribution in [0.25, 0.3) is 88.6 Å². The molecule has 18 nitrogen and oxygen atoms in total. The van der Waals surface area contributed by atoms with Crippen molar-refractivity contribution in [3.05, 3.63) is 317 Å². The molecule has 0 bridgehead atoms. The van der Waals surface area contributed by atoms with E-state index < -0.39 is 0 Å². The lowest BCUT2D eigenvalue weighted by Crippen LogP contribution is -3.00. The van der Waals surface area contributed by atoms with Gasteiger partial charge in [-0.3, -0.25) is 19.9 Å². The van der Waals surface area contributed by atoms with Crippen molar-refractivity contribution in [1.29, 1.82) is 0 Å². The van der Waals surface area contributed by atoms with E-state index in [1.165, 1.54) is 71.9 Å². The summed E-state index contributed by atoms with van der Waals surface area (Å²) in [5, 5.41) is 18.6. The molecule has 12 aromatic heterocycles. The van der Waals surface area contributed by atoms with Crippen LogP contribution in [0.5, 0.6) is 0 Å². The number of aromatic nitrogens is 16. The Kier molecular flexibility index (Phi) is 37.8. The van der Waals surface area contributed by atoms with Crippen molar-refractivity contribution in [3.8, 4) is 44.5 Å². The Bertz CT molecular complexity index is 4750. The summed E-state index contributed by atoms with van der Waals surface area (Å²) in [7, 11) is 0. The molecule has 0 spiro atoms. The lowest BCUT2D eigenvalue weighted by atomic mass is 10.1. The Labute approximate surface area is 664 Å². The van der Waals surface area contributed by atoms with Crippen LogP contribution in [0.3, 0.4) is 0 Å². The van der Waals surface area contributed by atoms with E-state index in [1.54, 1.807) is 24.8 Å². The number of fused-ring (bicyclic) bond motifs is 4. The summed E-state index contributed by atoms with van der Waals surface area (Å²) in [5.41, 5.74) is 17.6. The van der Waals surface area contributed by atoms with E-state index in [-0.39, 0.29) is 58.7 Å². The number of alkyl halides is 2. The van der Waals surface area contributed by atoms with Gasteiger partial charge < -0.3 is 67.4 Å². The molecule has 0 unspecified atom stereocenters. The fraction of sp³-hybridized carbons (Fsp3) is 0.200. The fourth-order valence-electron chi connectivity index (χ4n) is 11.3. The topological polar surface area (TPSA) is 222 Å². The van der Waals surface area contributed by atoms with E-state index in [1.807, 2.05) is 187 Å². The molecule has 0 aliphatic carbocycles. The number of rotatable bonds is 21. The predicted octanol–water partition coefficient (Wildman–Crippen LogP) is 7.60. The third-order valence-corrected chi connectivity index (χ3v) is 17.5. The van der Waals surface area contributed by atoms with Crippen LogP contribution in [0.15, 0.2) is 293 Å². The predicted molar refractivity (Wildman–Crippen MR) is 424 cm³/mol. The average Bonchev–Trinajstić information content (AvgIpc) is 1.83. The Morgan fingerprint density at radius 2 is 0.537 bits per heavy atom. The summed E-state index contributed by atoms with van der Waals surface area (Å²) < 4.78 is 8.30. The van der Waals surface area contributed by atoms with Gasteiger partial charge in [0, 0.05) is 110 Å². The number of hydrogen-bond acceptors (Lipinski definition) is 10. The van der Waals surface area contributed by atoms with Gasteiger partial charge in [-0.1, -0.05) is 111 Å². The van der Waals surface area contributed by atoms with Gasteiger partial charge in [-0.2, -0.15) is 13.7 Å². The molecule has 108 heavy (non-hydrogen) atoms. The molecule has 12 heterocycles. The number of benzene rings is 4. The van der Waals surface area contributed by atoms with E-state index in [2.05, 4.69) is 175 Å². The van der Waals surface area contributed by atoms with Gasteiger partial charge in [-0.05, 0) is 154 Å². The second-order valence-corrected chi connectivity index (χ2v) is 25.2. The first kappa shape index (κ1) is 86.4. The minimum Gasteiger partial charge on any atom is -1.00 e. The number of imidazole rings is 4. The molecule has 23 heteroatoms. The number of pyridine rings is 8. The van der Waals surface area contributed by atoms with E-state index >= 15 is 0 Å². The zero-order valence-corrected chi connectivity index (χ0v) is 63.1. The maximum atomic E-state index is 8.97. The summed E-state index contributed by atoms with van der Waals surface area (Å²) in [4.78, 5) is 47.2. The molecule has 16 rings (SSSR count). The second-order valence-electron chi connectivity index (χ2n) is 24.1. The van der Waals surface area contributed by atoms with E-state index in [4.69, 9.17) is 21.8 Å². The highest BCUT2D eigenvalue weighted by atomic mass is 79.9. The third kappa shape index (κ3) is 26.8. The highest BCUT2D eigenvalue weighted by Crippen LogP contribution is 2.21. The molecule has 16 aromatic rings. The molecular weight excluding hydrogens is 1500 g/mol. The van der Waals surface area contributed by atoms with Gasteiger partial charge in [-0.25, -0.2) is 24.5 Å². The molecule has 0 radical (unpaired) electrons. The van der Waals surface area contributed by atoms with Crippen molar-refractivity contribution in [2.45, 2.75) is 91.9 Å². The SMILES string of the molecule is C.C.ClCc1nc2ccccc2[nH]1.OCCCCCCCCCBr.OCC[n+]1ccc(-c2cc[n+](Cc3nc4ccccc4[nH]3)cc2)cc1.[Cl-].[Cl-].[Cl-].c1cc(-c2ccncc2)ccn1.c1ccc2[nH]c(C[n+]3ccc(-c4ccncc4)cc3)nc2c1.c1ccc2[nH]c(C[n+]3ccc(-c4ccncc4)cc3)nc2c1. The lowest BCUT2D eigenvalue weighted by Gasteiger charge is -2.00. The number of hydrogen-bond donors (Lipinski definition) is 6. The molecule has 0 saturated heterocycles. The minimum absolute atomic E-state index is 0. The first-order chi connectivity index (χ1) is 50.9. The number of H-pyrrole nitrogens is 4. The first-order valence-electron chi connectivity index (χ1n) is 34.5. The van der Waals surface area contributed by atoms with Crippen LogP contribution in [0.2, 0.25) is 0 Å². The summed E-state index contributed by atoms with van der Waals surface area (Å²) in [5.74, 6) is 4.14. The van der Waals surface area contributed by atoms with Crippen molar-refractivity contribution in [3.63, 3.8) is 0 Å². The Morgan fingerprint density at radius 3 is 0.796 bits per heavy atom. The van der Waals surface area contributed by atoms with Gasteiger partial charge >= 0.3 is 0 Å². The molecule has 0 aliphatic rings. The Balaban J connectivity index is 0.000000207. The average molecular weight is 1590 g/mol. The first-order valence-corrected chi connectivity index (χ1v) is 36.2. The number of aromatic amines is 4. The molecule has 558 valence electrons. The molecule has 4 aromatic carbocycles. The van der Waals surface area contributed by atoms with Crippen molar-refractivity contribution in [2.75, 3.05) is 18.5 Å². The quantitative estimate of drug-likeness (QED) is 0.0235. The van der Waals surface area contributed by atoms with E-state index in [9.17, 15) is 0 Å². The van der Waals surface area contributed by atoms with Crippen LogP contribution in [-0.2, 0) is 32.1 Å². The number of aliphatic hydroxyl groups excluding tert-OH is 2. The highest BCUT2D eigenvalue weighted by molar-refractivity contribution is 9.09. The number of nitrogens with zero attached hydrogens (tertiary/aromatic N) is 12. The normalized spacial score (nSPS) is 10.2. The number of aliphatic hydroxyl groups is 2. The number of unbranched alkanes of at least 4 members (excludes halogenated alkanes) is 6. The van der Waals surface area contributed by atoms with Crippen LogP contribution < -0.4 is 55.5 Å². The van der Waals surface area contributed by atoms with Gasteiger partial charge in [0.1, 0.15) is 12.4 Å². The number of halogens is 5. The van der Waals surface area contributed by atoms with Crippen molar-refractivity contribution in [2.24, 2.45) is 0 Å². The maximum Gasteiger partial charge on any atom is 0.205 e. The van der Waals surface area contributed by atoms with Crippen molar-refractivity contribution < 1.29 is 65.7 Å². The summed E-state index contributed by atoms with van der Waals surface area (Å²) in [6.45, 7) is 3.29. The fourth-order valence-corrected chi connectivity index (χ4v) is 11.8. The second kappa shape index (κ2) is 47.3. The number of nitrogens with one attached hydrogen (secondary N) is 4. The Morgan fingerprint density at radius 1 is 0.296 bits per heavy atom. The summed E-state index contributed by atoms with van der Waals surface area (Å²) >= 11 is 9.01. The smallest absolute Gasteiger partial charge is 0.205 e. The molecule has 0 aliphatic heterocycles. The van der Waals surface area contributed by atoms with Crippen LogP contribution >= 0.6 is 27.5 Å². The van der Waals surface area contributed by atoms with Crippen LogP contribution in [0.1, 0.15) is 83.1 Å². The summed E-state index contributed by atoms with van der Waals surface area (Å²) in [6, 6.07) is 64.9. The minimum atomic E-state index is 0. The van der Waals surface area contributed by atoms with Crippen LogP contribution in [-0.4, -0.2) is 88.6 Å². The molecule has 0 amide bonds. The highest BCUT2D eigenvalue weighted by Gasteiger charge is 2.13. The zero-order chi connectivity index (χ0) is 70.9. The standard InChI is InChI=1S/C20H19N4O.2C18H15N4.C10H8N2.C9H19BrO.C8H7ClN2.2CH4.3ClH/c25-14-13-23-9-5-16(6-10-23)17-7-11-24(12-8-17)15-20-21-18-3-1-2-4-19(18)22-20;2*1-2-4-17-16(3-1)20-18(21-17)13-22-11-7-15(8-12-22)14-5-9-19-10-6-14;1-5-11-6-2-9(1)10-3-7-12-8-4-10;10-8-6-4-2-1-3-5-7-9-11;9-5-8-10-6-3-1-2-4-7(6)11-8;;;;;/h1-12,25H,13-15H2;2*1-12H,13H2,(H,20,21);1-8H;11H,1-9H2;1-4H,5H2,(H,10,11);2*1H4;3*1H/q3*+1;;;;;;;;/p-2. The van der Waals surface area contributed by atoms with E-state index in [0.717, 1.165) is 103 Å². The monoisotopic (exact) mass is 1590 g/mol. The summed E-state index contributed by atoms with van der Waals surface area (Å²) in [6.07, 6.45) is 39.6. The third-order valence-electron chi connectivity index (χ3n) is 16.6. The van der Waals surface area contributed by atoms with Crippen molar-refractivity contribution >= 4 is 71.7 Å². The van der Waals surface area contributed by atoms with Gasteiger partial charge in [-0.15, -0.1) is 11.6 Å². The van der Waals surface area contributed by atoms with Gasteiger partial charge in [0.2, 0.25) is 19.6 Å².